The second kappa shape index (κ2) is 10.2. The Labute approximate surface area is 193 Å². The van der Waals surface area contributed by atoms with Crippen molar-refractivity contribution in [3.8, 4) is 5.75 Å². The van der Waals surface area contributed by atoms with Gasteiger partial charge in [-0.25, -0.2) is 4.79 Å². The number of ether oxygens (including phenoxy) is 1. The Bertz CT molecular complexity index is 1140. The first-order valence-electron chi connectivity index (χ1n) is 9.32. The van der Waals surface area contributed by atoms with E-state index in [9.17, 15) is 19.7 Å². The van der Waals surface area contributed by atoms with Gasteiger partial charge >= 0.3 is 6.03 Å². The van der Waals surface area contributed by atoms with Crippen molar-refractivity contribution in [3.05, 3.63) is 80.5 Å². The minimum absolute atomic E-state index is 0.0779. The number of para-hydroxylation sites is 1. The Balaban J connectivity index is 1.87. The first-order valence-corrected chi connectivity index (χ1v) is 10.7. The van der Waals surface area contributed by atoms with Crippen molar-refractivity contribution < 1.29 is 19.2 Å². The second-order valence-corrected chi connectivity index (χ2v) is 7.89. The summed E-state index contributed by atoms with van der Waals surface area (Å²) in [6.45, 7) is 1.86. The van der Waals surface area contributed by atoms with E-state index in [1.54, 1.807) is 29.0 Å². The van der Waals surface area contributed by atoms with E-state index < -0.39 is 22.9 Å². The van der Waals surface area contributed by atoms with Crippen molar-refractivity contribution in [1.29, 1.82) is 0 Å². The van der Waals surface area contributed by atoms with Crippen LogP contribution in [0.25, 0.3) is 0 Å². The number of nitro benzene ring substituents is 1. The summed E-state index contributed by atoms with van der Waals surface area (Å²) in [4.78, 5) is 36.6. The zero-order valence-electron chi connectivity index (χ0n) is 17.1. The molecule has 0 spiro atoms. The highest BCUT2D eigenvalue weighted by Crippen LogP contribution is 2.32. The fourth-order valence-corrected chi connectivity index (χ4v) is 3.91. The van der Waals surface area contributed by atoms with Gasteiger partial charge in [0.05, 0.1) is 17.7 Å². The SMILES string of the molecule is COc1ccc([N+](=O)[O-])cc1NC(=O)N(S)C(C(=O)Nc1ccccc1C)c1ccsc1. The highest BCUT2D eigenvalue weighted by atomic mass is 32.1. The molecular formula is C21H20N4O5S2. The van der Waals surface area contributed by atoms with Crippen LogP contribution in [0.15, 0.2) is 59.3 Å². The van der Waals surface area contributed by atoms with Gasteiger partial charge in [-0.3, -0.25) is 19.2 Å². The van der Waals surface area contributed by atoms with Crippen LogP contribution in [0.5, 0.6) is 5.75 Å². The summed E-state index contributed by atoms with van der Waals surface area (Å²) in [6, 6.07) is 11.0. The van der Waals surface area contributed by atoms with Gasteiger partial charge in [0.1, 0.15) is 11.8 Å². The summed E-state index contributed by atoms with van der Waals surface area (Å²) < 4.78 is 6.11. The van der Waals surface area contributed by atoms with Gasteiger partial charge in [0, 0.05) is 17.8 Å². The molecule has 3 amide bonds. The summed E-state index contributed by atoms with van der Waals surface area (Å²) in [6.07, 6.45) is 0. The third-order valence-corrected chi connectivity index (χ3v) is 5.71. The summed E-state index contributed by atoms with van der Waals surface area (Å²) in [5.41, 5.74) is 1.89. The highest BCUT2D eigenvalue weighted by molar-refractivity contribution is 7.78. The van der Waals surface area contributed by atoms with Gasteiger partial charge in [0.25, 0.3) is 11.6 Å². The van der Waals surface area contributed by atoms with Crippen LogP contribution in [0.4, 0.5) is 21.9 Å². The maximum atomic E-state index is 13.1. The molecule has 0 aliphatic rings. The molecule has 0 radical (unpaired) electrons. The predicted molar refractivity (Wildman–Crippen MR) is 126 cm³/mol. The van der Waals surface area contributed by atoms with Crippen LogP contribution < -0.4 is 15.4 Å². The van der Waals surface area contributed by atoms with E-state index in [4.69, 9.17) is 4.74 Å². The predicted octanol–water partition coefficient (Wildman–Crippen LogP) is 5.03. The average Bonchev–Trinajstić information content (AvgIpc) is 3.29. The van der Waals surface area contributed by atoms with E-state index in [-0.39, 0.29) is 17.1 Å². The normalized spacial score (nSPS) is 11.3. The molecule has 3 aromatic rings. The lowest BCUT2D eigenvalue weighted by molar-refractivity contribution is -0.384. The molecule has 1 unspecified atom stereocenters. The van der Waals surface area contributed by atoms with Gasteiger partial charge in [0.15, 0.2) is 0 Å². The standard InChI is InChI=1S/C21H20N4O5S2/c1-13-5-3-4-6-16(13)22-20(26)19(14-9-10-32-12-14)24(31)21(27)23-17-11-15(25(28)29)7-8-18(17)30-2/h3-12,19,31H,1-2H3,(H,22,26)(H,23,27). The average molecular weight is 473 g/mol. The monoisotopic (exact) mass is 472 g/mol. The molecule has 3 rings (SSSR count). The third kappa shape index (κ3) is 5.18. The molecule has 0 saturated carbocycles. The zero-order chi connectivity index (χ0) is 23.3. The summed E-state index contributed by atoms with van der Waals surface area (Å²) in [7, 11) is 1.37. The van der Waals surface area contributed by atoms with Crippen LogP contribution in [0.1, 0.15) is 17.2 Å². The molecule has 0 aliphatic carbocycles. The number of thiophene rings is 1. The number of aryl methyl sites for hydroxylation is 1. The van der Waals surface area contributed by atoms with Crippen molar-refractivity contribution in [2.75, 3.05) is 17.7 Å². The Morgan fingerprint density at radius 2 is 1.91 bits per heavy atom. The van der Waals surface area contributed by atoms with Crippen molar-refractivity contribution >= 4 is 53.2 Å². The number of benzene rings is 2. The van der Waals surface area contributed by atoms with E-state index in [0.717, 1.165) is 9.87 Å². The molecule has 0 aliphatic heterocycles. The molecule has 9 nitrogen and oxygen atoms in total. The summed E-state index contributed by atoms with van der Waals surface area (Å²) >= 11 is 5.66. The minimum Gasteiger partial charge on any atom is -0.495 e. The largest absolute Gasteiger partial charge is 0.495 e. The number of carbonyl (C=O) groups excluding carboxylic acids is 2. The number of methoxy groups -OCH3 is 1. The Morgan fingerprint density at radius 3 is 2.53 bits per heavy atom. The smallest absolute Gasteiger partial charge is 0.332 e. The molecule has 0 fully saturated rings. The maximum absolute atomic E-state index is 13.1. The van der Waals surface area contributed by atoms with Crippen LogP contribution in [-0.2, 0) is 4.79 Å². The maximum Gasteiger partial charge on any atom is 0.332 e. The van der Waals surface area contributed by atoms with Gasteiger partial charge in [-0.05, 0) is 47.0 Å². The summed E-state index contributed by atoms with van der Waals surface area (Å²) in [5.74, 6) is -0.240. The molecule has 1 atom stereocenters. The van der Waals surface area contributed by atoms with E-state index in [1.165, 1.54) is 36.6 Å². The highest BCUT2D eigenvalue weighted by Gasteiger charge is 2.31. The number of non-ortho nitro benzene ring substituents is 1. The molecule has 11 heteroatoms. The number of nitrogens with zero attached hydrogens (tertiary/aromatic N) is 2. The molecule has 32 heavy (non-hydrogen) atoms. The zero-order valence-corrected chi connectivity index (χ0v) is 18.9. The second-order valence-electron chi connectivity index (χ2n) is 6.68. The number of urea groups is 1. The van der Waals surface area contributed by atoms with Crippen LogP contribution in [-0.4, -0.2) is 28.3 Å². The molecule has 2 N–H and O–H groups in total. The number of hydrogen-bond acceptors (Lipinski definition) is 7. The lowest BCUT2D eigenvalue weighted by Crippen LogP contribution is -2.37. The quantitative estimate of drug-likeness (QED) is 0.253. The molecule has 0 saturated heterocycles. The number of nitro groups is 1. The first kappa shape index (κ1) is 23.1. The molecule has 2 aromatic carbocycles. The van der Waals surface area contributed by atoms with Crippen molar-refractivity contribution in [2.24, 2.45) is 0 Å². The fourth-order valence-electron chi connectivity index (χ4n) is 2.95. The van der Waals surface area contributed by atoms with Gasteiger partial charge in [-0.1, -0.05) is 31.0 Å². The molecule has 0 bridgehead atoms. The van der Waals surface area contributed by atoms with Crippen molar-refractivity contribution in [2.45, 2.75) is 13.0 Å². The third-order valence-electron chi connectivity index (χ3n) is 4.60. The lowest BCUT2D eigenvalue weighted by atomic mass is 10.1. The molecule has 1 aromatic heterocycles. The van der Waals surface area contributed by atoms with Gasteiger partial charge in [-0.15, -0.1) is 0 Å². The van der Waals surface area contributed by atoms with E-state index in [2.05, 4.69) is 23.4 Å². The molecule has 1 heterocycles. The number of thiol groups is 1. The van der Waals surface area contributed by atoms with E-state index >= 15 is 0 Å². The van der Waals surface area contributed by atoms with Gasteiger partial charge in [0.2, 0.25) is 0 Å². The lowest BCUT2D eigenvalue weighted by Gasteiger charge is -2.26. The van der Waals surface area contributed by atoms with Crippen LogP contribution in [0, 0.1) is 17.0 Å². The minimum atomic E-state index is -1.06. The van der Waals surface area contributed by atoms with Crippen molar-refractivity contribution in [1.82, 2.24) is 4.31 Å². The van der Waals surface area contributed by atoms with Crippen LogP contribution in [0.3, 0.4) is 0 Å². The Morgan fingerprint density at radius 1 is 1.16 bits per heavy atom. The van der Waals surface area contributed by atoms with E-state index in [0.29, 0.717) is 11.3 Å². The van der Waals surface area contributed by atoms with Crippen LogP contribution in [0.2, 0.25) is 0 Å². The number of nitrogens with one attached hydrogen (secondary N) is 2. The summed E-state index contributed by atoms with van der Waals surface area (Å²) in [5, 5.41) is 20.0. The van der Waals surface area contributed by atoms with Gasteiger partial charge in [-0.2, -0.15) is 11.3 Å². The van der Waals surface area contributed by atoms with Crippen molar-refractivity contribution in [3.63, 3.8) is 0 Å². The fraction of sp³-hybridized carbons (Fsp3) is 0.143. The number of anilines is 2. The Kier molecular flexibility index (Phi) is 7.33. The first-order chi connectivity index (χ1) is 15.3. The van der Waals surface area contributed by atoms with Crippen LogP contribution >= 0.6 is 24.2 Å². The van der Waals surface area contributed by atoms with E-state index in [1.807, 2.05) is 19.1 Å². The van der Waals surface area contributed by atoms with Gasteiger partial charge < -0.3 is 15.4 Å². The number of carbonyl (C=O) groups is 2. The number of hydrogen-bond donors (Lipinski definition) is 3. The topological polar surface area (TPSA) is 114 Å². The Hall–Kier alpha value is -3.57. The molecule has 166 valence electrons. The molecular weight excluding hydrogens is 452 g/mol. The number of rotatable bonds is 7. The number of amides is 3.